The second-order valence-corrected chi connectivity index (χ2v) is 5.91. The number of nitro benzene ring substituents is 1. The van der Waals surface area contributed by atoms with E-state index in [0.717, 1.165) is 31.7 Å². The maximum absolute atomic E-state index is 10.8. The highest BCUT2D eigenvalue weighted by Crippen LogP contribution is 2.33. The number of aromatic hydroxyl groups is 1. The molecule has 6 nitrogen and oxygen atoms in total. The molecule has 0 aliphatic heterocycles. The summed E-state index contributed by atoms with van der Waals surface area (Å²) in [6.07, 6.45) is 3.84. The molecule has 3 N–H and O–H groups in total. The van der Waals surface area contributed by atoms with E-state index in [1.807, 2.05) is 0 Å². The highest BCUT2D eigenvalue weighted by Gasteiger charge is 2.22. The van der Waals surface area contributed by atoms with Crippen LogP contribution in [0.15, 0.2) is 12.1 Å². The van der Waals surface area contributed by atoms with Gasteiger partial charge in [0.2, 0.25) is 0 Å². The van der Waals surface area contributed by atoms with Gasteiger partial charge in [-0.3, -0.25) is 10.1 Å². The van der Waals surface area contributed by atoms with Gasteiger partial charge in [-0.25, -0.2) is 0 Å². The molecule has 0 saturated heterocycles. The third-order valence-electron chi connectivity index (χ3n) is 4.02. The molecule has 21 heavy (non-hydrogen) atoms. The number of phenols is 1. The molecule has 0 heterocycles. The summed E-state index contributed by atoms with van der Waals surface area (Å²) in [4.78, 5) is 10.2. The molecule has 116 valence electrons. The predicted octanol–water partition coefficient (Wildman–Crippen LogP) is 2.59. The molecule has 0 bridgehead atoms. The summed E-state index contributed by atoms with van der Waals surface area (Å²) < 4.78 is 0. The number of benzene rings is 1. The van der Waals surface area contributed by atoms with Crippen LogP contribution in [-0.4, -0.2) is 27.8 Å². The van der Waals surface area contributed by atoms with E-state index in [0.29, 0.717) is 24.1 Å². The van der Waals surface area contributed by atoms with Crippen molar-refractivity contribution in [2.24, 2.45) is 5.92 Å². The molecule has 0 aromatic heterocycles. The Morgan fingerprint density at radius 3 is 2.57 bits per heavy atom. The van der Waals surface area contributed by atoms with Crippen molar-refractivity contribution in [2.45, 2.75) is 38.3 Å². The van der Waals surface area contributed by atoms with Crippen LogP contribution < -0.4 is 5.32 Å². The van der Waals surface area contributed by atoms with Gasteiger partial charge in [0.05, 0.1) is 4.92 Å². The summed E-state index contributed by atoms with van der Waals surface area (Å²) in [7, 11) is 0. The van der Waals surface area contributed by atoms with Crippen LogP contribution in [0.5, 0.6) is 5.75 Å². The molecule has 7 heteroatoms. The predicted molar refractivity (Wildman–Crippen MR) is 79.4 cm³/mol. The number of hydrogen-bond acceptors (Lipinski definition) is 5. The Morgan fingerprint density at radius 1 is 1.33 bits per heavy atom. The smallest absolute Gasteiger partial charge is 0.312 e. The maximum atomic E-state index is 10.8. The van der Waals surface area contributed by atoms with Crippen LogP contribution in [0.1, 0.15) is 31.2 Å². The lowest BCUT2D eigenvalue weighted by Crippen LogP contribution is -2.33. The normalized spacial score (nSPS) is 22.2. The lowest BCUT2D eigenvalue weighted by atomic mass is 9.86. The van der Waals surface area contributed by atoms with Crippen molar-refractivity contribution in [1.82, 2.24) is 5.32 Å². The van der Waals surface area contributed by atoms with Crippen molar-refractivity contribution < 1.29 is 15.1 Å². The Labute approximate surface area is 127 Å². The zero-order valence-electron chi connectivity index (χ0n) is 11.6. The van der Waals surface area contributed by atoms with Gasteiger partial charge in [0, 0.05) is 35.8 Å². The van der Waals surface area contributed by atoms with E-state index in [-0.39, 0.29) is 23.1 Å². The number of rotatable bonds is 5. The van der Waals surface area contributed by atoms with Crippen LogP contribution in [0.4, 0.5) is 5.69 Å². The first kappa shape index (κ1) is 16.0. The number of nitrogens with one attached hydrogen (secondary N) is 1. The van der Waals surface area contributed by atoms with Crippen LogP contribution >= 0.6 is 11.6 Å². The summed E-state index contributed by atoms with van der Waals surface area (Å²) in [6.45, 7) is 0.565. The van der Waals surface area contributed by atoms with E-state index in [1.165, 1.54) is 6.07 Å². The molecule has 1 aliphatic rings. The molecule has 1 aromatic carbocycles. The van der Waals surface area contributed by atoms with Gasteiger partial charge in [0.25, 0.3) is 0 Å². The van der Waals surface area contributed by atoms with E-state index < -0.39 is 4.92 Å². The number of halogens is 1. The molecule has 0 radical (unpaired) electrons. The molecule has 1 aromatic rings. The number of nitro groups is 1. The van der Waals surface area contributed by atoms with Gasteiger partial charge in [-0.15, -0.1) is 0 Å². The maximum Gasteiger partial charge on any atom is 0.312 e. The third kappa shape index (κ3) is 4.06. The molecule has 1 saturated carbocycles. The number of aliphatic hydroxyl groups excluding tert-OH is 1. The average Bonchev–Trinajstić information content (AvgIpc) is 2.48. The fraction of sp³-hybridized carbons (Fsp3) is 0.571. The standard InChI is InChI=1S/C14H19ClN2O4/c15-11-5-10(14(19)13(6-11)17(20)21)7-16-12-3-1-9(8-18)2-4-12/h5-6,9,12,16,18-19H,1-4,7-8H2. The minimum absolute atomic E-state index is 0.230. The van der Waals surface area contributed by atoms with Crippen molar-refractivity contribution in [3.05, 3.63) is 32.8 Å². The Bertz CT molecular complexity index is 516. The fourth-order valence-corrected chi connectivity index (χ4v) is 2.95. The monoisotopic (exact) mass is 314 g/mol. The van der Waals surface area contributed by atoms with Crippen LogP contribution in [0.25, 0.3) is 0 Å². The van der Waals surface area contributed by atoms with Crippen molar-refractivity contribution in [1.29, 1.82) is 0 Å². The van der Waals surface area contributed by atoms with Crippen LogP contribution in [0, 0.1) is 16.0 Å². The van der Waals surface area contributed by atoms with E-state index in [2.05, 4.69) is 5.32 Å². The van der Waals surface area contributed by atoms with E-state index in [4.69, 9.17) is 16.7 Å². The Kier molecular flexibility index (Phi) is 5.39. The van der Waals surface area contributed by atoms with E-state index in [9.17, 15) is 15.2 Å². The zero-order chi connectivity index (χ0) is 15.4. The van der Waals surface area contributed by atoms with Gasteiger partial charge in [-0.1, -0.05) is 11.6 Å². The molecule has 2 rings (SSSR count). The number of hydrogen-bond donors (Lipinski definition) is 3. The van der Waals surface area contributed by atoms with Crippen LogP contribution in [0.3, 0.4) is 0 Å². The Balaban J connectivity index is 1.99. The highest BCUT2D eigenvalue weighted by molar-refractivity contribution is 6.31. The average molecular weight is 315 g/mol. The van der Waals surface area contributed by atoms with Gasteiger partial charge < -0.3 is 15.5 Å². The Morgan fingerprint density at radius 2 is 2.00 bits per heavy atom. The molecule has 0 amide bonds. The summed E-state index contributed by atoms with van der Waals surface area (Å²) >= 11 is 5.85. The van der Waals surface area contributed by atoms with Gasteiger partial charge in [0.15, 0.2) is 5.75 Å². The number of aliphatic hydroxyl groups is 1. The quantitative estimate of drug-likeness (QED) is 0.573. The first-order valence-electron chi connectivity index (χ1n) is 7.01. The summed E-state index contributed by atoms with van der Waals surface area (Å²) in [5.41, 5.74) is 0.0572. The lowest BCUT2D eigenvalue weighted by molar-refractivity contribution is -0.385. The topological polar surface area (TPSA) is 95.6 Å². The molecular weight excluding hydrogens is 296 g/mol. The molecule has 0 spiro atoms. The van der Waals surface area contributed by atoms with Gasteiger partial charge >= 0.3 is 5.69 Å². The molecule has 1 fully saturated rings. The minimum atomic E-state index is -0.642. The fourth-order valence-electron chi connectivity index (χ4n) is 2.72. The number of phenolic OH excluding ortho intramolecular Hbond substituents is 1. The van der Waals surface area contributed by atoms with Crippen molar-refractivity contribution in [2.75, 3.05) is 6.61 Å². The molecule has 0 atom stereocenters. The first-order valence-corrected chi connectivity index (χ1v) is 7.39. The molecular formula is C14H19ClN2O4. The molecule has 0 unspecified atom stereocenters. The van der Waals surface area contributed by atoms with Gasteiger partial charge in [-0.05, 0) is 37.7 Å². The van der Waals surface area contributed by atoms with Gasteiger partial charge in [0.1, 0.15) is 0 Å². The highest BCUT2D eigenvalue weighted by atomic mass is 35.5. The minimum Gasteiger partial charge on any atom is -0.502 e. The summed E-state index contributed by atoms with van der Waals surface area (Å²) in [6, 6.07) is 2.98. The number of nitrogens with zero attached hydrogens (tertiary/aromatic N) is 1. The zero-order valence-corrected chi connectivity index (χ0v) is 12.3. The second kappa shape index (κ2) is 7.06. The first-order chi connectivity index (χ1) is 10.0. The second-order valence-electron chi connectivity index (χ2n) is 5.47. The van der Waals surface area contributed by atoms with Crippen molar-refractivity contribution >= 4 is 17.3 Å². The van der Waals surface area contributed by atoms with Crippen LogP contribution in [-0.2, 0) is 6.54 Å². The molecule has 1 aliphatic carbocycles. The van der Waals surface area contributed by atoms with Crippen molar-refractivity contribution in [3.8, 4) is 5.75 Å². The SMILES string of the molecule is O=[N+]([O-])c1cc(Cl)cc(CNC2CCC(CO)CC2)c1O. The third-order valence-corrected chi connectivity index (χ3v) is 4.23. The summed E-state index contributed by atoms with van der Waals surface area (Å²) in [5.74, 6) is 0.0460. The largest absolute Gasteiger partial charge is 0.502 e. The van der Waals surface area contributed by atoms with Gasteiger partial charge in [-0.2, -0.15) is 0 Å². The Hall–Kier alpha value is -1.37. The van der Waals surface area contributed by atoms with E-state index >= 15 is 0 Å². The summed E-state index contributed by atoms with van der Waals surface area (Å²) in [5, 5.41) is 33.4. The van der Waals surface area contributed by atoms with Crippen molar-refractivity contribution in [3.63, 3.8) is 0 Å². The lowest BCUT2D eigenvalue weighted by Gasteiger charge is -2.28. The van der Waals surface area contributed by atoms with E-state index in [1.54, 1.807) is 0 Å². The van der Waals surface area contributed by atoms with Crippen LogP contribution in [0.2, 0.25) is 5.02 Å².